The highest BCUT2D eigenvalue weighted by atomic mass is 16.2. The number of nitrogens with zero attached hydrogens (tertiary/aromatic N) is 3. The Morgan fingerprint density at radius 2 is 2.18 bits per heavy atom. The number of nitrogens with one attached hydrogen (secondary N) is 1. The van der Waals surface area contributed by atoms with E-state index in [4.69, 9.17) is 0 Å². The summed E-state index contributed by atoms with van der Waals surface area (Å²) in [4.78, 5) is 16.4. The highest BCUT2D eigenvalue weighted by Gasteiger charge is 2.29. The molecule has 1 aliphatic rings. The zero-order chi connectivity index (χ0) is 12.6. The van der Waals surface area contributed by atoms with Crippen LogP contribution in [-0.4, -0.2) is 28.4 Å². The molecule has 0 aromatic carbocycles. The topological polar surface area (TPSA) is 59.3 Å². The smallest absolute Gasteiger partial charge is 0.272 e. The first-order valence-corrected chi connectivity index (χ1v) is 5.87. The molecule has 0 atom stereocenters. The van der Waals surface area contributed by atoms with E-state index in [1.807, 2.05) is 6.92 Å². The van der Waals surface area contributed by atoms with E-state index < -0.39 is 0 Å². The van der Waals surface area contributed by atoms with E-state index in [1.165, 1.54) is 0 Å². The van der Waals surface area contributed by atoms with Crippen LogP contribution >= 0.6 is 0 Å². The highest BCUT2D eigenvalue weighted by Crippen LogP contribution is 2.34. The van der Waals surface area contributed by atoms with E-state index in [9.17, 15) is 4.79 Å². The van der Waals surface area contributed by atoms with Crippen molar-refractivity contribution in [2.75, 3.05) is 6.54 Å². The minimum atomic E-state index is -0.119. The van der Waals surface area contributed by atoms with E-state index >= 15 is 0 Å². The molecule has 1 aromatic rings. The number of fused-ring (bicyclic) bond motifs is 1. The molecule has 2 heterocycles. The van der Waals surface area contributed by atoms with Crippen molar-refractivity contribution in [2.24, 2.45) is 4.99 Å². The molecule has 92 valence electrons. The van der Waals surface area contributed by atoms with Crippen LogP contribution in [0.4, 0.5) is 5.69 Å². The number of aryl methyl sites for hydroxylation is 1. The van der Waals surface area contributed by atoms with Crippen LogP contribution in [0.1, 0.15) is 43.9 Å². The molecular formula is C12H18N4O. The third-order valence-corrected chi connectivity index (χ3v) is 2.73. The monoisotopic (exact) mass is 234 g/mol. The summed E-state index contributed by atoms with van der Waals surface area (Å²) in [6.07, 6.45) is 1.72. The Labute approximate surface area is 101 Å². The van der Waals surface area contributed by atoms with Gasteiger partial charge in [0.25, 0.3) is 5.91 Å². The van der Waals surface area contributed by atoms with E-state index in [-0.39, 0.29) is 11.3 Å². The zero-order valence-corrected chi connectivity index (χ0v) is 10.7. The number of amides is 1. The maximum atomic E-state index is 12.0. The van der Waals surface area contributed by atoms with Crippen LogP contribution in [0.25, 0.3) is 0 Å². The number of rotatable bonds is 1. The standard InChI is InChI=1S/C12H18N4O/c1-5-16-9-8(10(15-16)12(2,3)4)13-6-7-14-11(9)17/h6H,5,7H2,1-4H3,(H,14,17). The second-order valence-electron chi connectivity index (χ2n) is 5.13. The summed E-state index contributed by atoms with van der Waals surface area (Å²) in [6.45, 7) is 9.35. The van der Waals surface area contributed by atoms with Gasteiger partial charge in [-0.15, -0.1) is 0 Å². The van der Waals surface area contributed by atoms with Gasteiger partial charge in [0, 0.05) is 18.2 Å². The van der Waals surface area contributed by atoms with Crippen molar-refractivity contribution in [3.63, 3.8) is 0 Å². The Balaban J connectivity index is 2.68. The predicted molar refractivity (Wildman–Crippen MR) is 67.1 cm³/mol. The molecule has 1 N–H and O–H groups in total. The molecule has 1 amide bonds. The van der Waals surface area contributed by atoms with Crippen molar-refractivity contribution in [1.82, 2.24) is 15.1 Å². The molecular weight excluding hydrogens is 216 g/mol. The Kier molecular flexibility index (Phi) is 2.77. The molecule has 0 radical (unpaired) electrons. The average Bonchev–Trinajstić information content (AvgIpc) is 2.53. The summed E-state index contributed by atoms with van der Waals surface area (Å²) in [5, 5.41) is 7.31. The van der Waals surface area contributed by atoms with E-state index in [0.29, 0.717) is 24.5 Å². The van der Waals surface area contributed by atoms with Crippen molar-refractivity contribution in [1.29, 1.82) is 0 Å². The fraction of sp³-hybridized carbons (Fsp3) is 0.583. The summed E-state index contributed by atoms with van der Waals surface area (Å²) < 4.78 is 1.73. The normalized spacial score (nSPS) is 15.4. The zero-order valence-electron chi connectivity index (χ0n) is 10.7. The Bertz CT molecular complexity index is 479. The summed E-state index contributed by atoms with van der Waals surface area (Å²) in [5.74, 6) is -0.0950. The number of aliphatic imine (C=N–C) groups is 1. The van der Waals surface area contributed by atoms with Crippen molar-refractivity contribution in [3.8, 4) is 0 Å². The summed E-state index contributed by atoms with van der Waals surface area (Å²) in [7, 11) is 0. The largest absolute Gasteiger partial charge is 0.346 e. The molecule has 17 heavy (non-hydrogen) atoms. The van der Waals surface area contributed by atoms with Crippen LogP contribution in [0.3, 0.4) is 0 Å². The lowest BCUT2D eigenvalue weighted by Gasteiger charge is -2.15. The molecule has 2 rings (SSSR count). The molecule has 0 saturated carbocycles. The number of carbonyl (C=O) groups excluding carboxylic acids is 1. The SMILES string of the molecule is CCn1nc(C(C)(C)C)c2c1C(=O)NCC=N2. The maximum Gasteiger partial charge on any atom is 0.272 e. The summed E-state index contributed by atoms with van der Waals surface area (Å²) in [5.41, 5.74) is 2.05. The van der Waals surface area contributed by atoms with E-state index in [1.54, 1.807) is 10.9 Å². The fourth-order valence-electron chi connectivity index (χ4n) is 1.89. The first-order valence-electron chi connectivity index (χ1n) is 5.87. The molecule has 0 unspecified atom stereocenters. The van der Waals surface area contributed by atoms with Gasteiger partial charge < -0.3 is 5.32 Å². The molecule has 0 bridgehead atoms. The minimum absolute atomic E-state index is 0.0950. The van der Waals surface area contributed by atoms with Crippen LogP contribution in [0.5, 0.6) is 0 Å². The van der Waals surface area contributed by atoms with Gasteiger partial charge in [-0.1, -0.05) is 20.8 Å². The van der Waals surface area contributed by atoms with Gasteiger partial charge in [-0.3, -0.25) is 14.5 Å². The second-order valence-corrected chi connectivity index (χ2v) is 5.13. The molecule has 0 saturated heterocycles. The molecule has 0 spiro atoms. The minimum Gasteiger partial charge on any atom is -0.346 e. The Morgan fingerprint density at radius 1 is 1.47 bits per heavy atom. The number of aromatic nitrogens is 2. The van der Waals surface area contributed by atoms with Crippen molar-refractivity contribution < 1.29 is 4.79 Å². The summed E-state index contributed by atoms with van der Waals surface area (Å²) >= 11 is 0. The number of hydrogen-bond acceptors (Lipinski definition) is 3. The van der Waals surface area contributed by atoms with Gasteiger partial charge in [0.2, 0.25) is 0 Å². The fourth-order valence-corrected chi connectivity index (χ4v) is 1.89. The second kappa shape index (κ2) is 3.98. The van der Waals surface area contributed by atoms with Gasteiger partial charge in [-0.25, -0.2) is 0 Å². The van der Waals surface area contributed by atoms with Crippen molar-refractivity contribution in [2.45, 2.75) is 39.7 Å². The Morgan fingerprint density at radius 3 is 2.76 bits per heavy atom. The molecule has 5 nitrogen and oxygen atoms in total. The molecule has 0 aliphatic carbocycles. The lowest BCUT2D eigenvalue weighted by Crippen LogP contribution is -2.26. The molecule has 1 aromatic heterocycles. The molecule has 5 heteroatoms. The average molecular weight is 234 g/mol. The number of carbonyl (C=O) groups is 1. The first kappa shape index (κ1) is 11.8. The van der Waals surface area contributed by atoms with Crippen LogP contribution in [0.2, 0.25) is 0 Å². The lowest BCUT2D eigenvalue weighted by molar-refractivity contribution is 0.0950. The van der Waals surface area contributed by atoms with Gasteiger partial charge in [0.05, 0.1) is 12.2 Å². The molecule has 1 aliphatic heterocycles. The van der Waals surface area contributed by atoms with Gasteiger partial charge in [0.15, 0.2) is 5.69 Å². The lowest BCUT2D eigenvalue weighted by atomic mass is 9.91. The van der Waals surface area contributed by atoms with E-state index in [2.05, 4.69) is 36.2 Å². The van der Waals surface area contributed by atoms with Gasteiger partial charge in [-0.2, -0.15) is 5.10 Å². The van der Waals surface area contributed by atoms with Crippen LogP contribution in [0.15, 0.2) is 4.99 Å². The van der Waals surface area contributed by atoms with Crippen LogP contribution in [0, 0.1) is 0 Å². The van der Waals surface area contributed by atoms with Crippen LogP contribution < -0.4 is 5.32 Å². The predicted octanol–water partition coefficient (Wildman–Crippen LogP) is 1.65. The maximum absolute atomic E-state index is 12.0. The van der Waals surface area contributed by atoms with E-state index in [0.717, 1.165) is 5.69 Å². The number of hydrogen-bond donors (Lipinski definition) is 1. The third-order valence-electron chi connectivity index (χ3n) is 2.73. The van der Waals surface area contributed by atoms with Gasteiger partial charge in [-0.05, 0) is 6.92 Å². The van der Waals surface area contributed by atoms with Crippen LogP contribution in [-0.2, 0) is 12.0 Å². The first-order chi connectivity index (χ1) is 7.95. The third kappa shape index (κ3) is 1.97. The van der Waals surface area contributed by atoms with Gasteiger partial charge in [0.1, 0.15) is 5.69 Å². The Hall–Kier alpha value is -1.65. The molecule has 0 fully saturated rings. The summed E-state index contributed by atoms with van der Waals surface area (Å²) in [6, 6.07) is 0. The quantitative estimate of drug-likeness (QED) is 0.803. The van der Waals surface area contributed by atoms with Crippen molar-refractivity contribution in [3.05, 3.63) is 11.4 Å². The van der Waals surface area contributed by atoms with Gasteiger partial charge >= 0.3 is 0 Å². The van der Waals surface area contributed by atoms with Crippen molar-refractivity contribution >= 4 is 17.8 Å². The highest BCUT2D eigenvalue weighted by molar-refractivity contribution is 6.01.